The highest BCUT2D eigenvalue weighted by atomic mass is 79.9. The molecule has 0 aliphatic rings. The van der Waals surface area contributed by atoms with Crippen molar-refractivity contribution < 1.29 is 4.84 Å². The average molecular weight is 239 g/mol. The second kappa shape index (κ2) is 5.55. The highest BCUT2D eigenvalue weighted by Crippen LogP contribution is 2.15. The molecular weight excluding hydrogens is 229 g/mol. The van der Waals surface area contributed by atoms with Gasteiger partial charge in [-0.2, -0.15) is 0 Å². The number of rotatable bonds is 2. The van der Waals surface area contributed by atoms with E-state index in [1.165, 1.54) is 0 Å². The van der Waals surface area contributed by atoms with Gasteiger partial charge in [-0.15, -0.1) is 12.4 Å². The lowest BCUT2D eigenvalue weighted by molar-refractivity contribution is 0.123. The molecule has 4 heteroatoms. The van der Waals surface area contributed by atoms with Crippen LogP contribution in [0, 0.1) is 0 Å². The third-order valence-electron chi connectivity index (χ3n) is 1.20. The quantitative estimate of drug-likeness (QED) is 0.802. The van der Waals surface area contributed by atoms with Gasteiger partial charge in [0, 0.05) is 4.47 Å². The summed E-state index contributed by atoms with van der Waals surface area (Å²) in [5.41, 5.74) is 1.06. The van der Waals surface area contributed by atoms with Crippen LogP contribution in [0.25, 0.3) is 0 Å². The second-order valence-electron chi connectivity index (χ2n) is 1.90. The first-order valence-electron chi connectivity index (χ1n) is 2.89. The topological polar surface area (TPSA) is 35.2 Å². The number of halogens is 2. The molecule has 0 saturated heterocycles. The minimum Gasteiger partial charge on any atom is -0.300 e. The molecular formula is C7H9BrClNO. The molecule has 0 aromatic heterocycles. The van der Waals surface area contributed by atoms with E-state index in [4.69, 9.17) is 5.90 Å². The molecule has 2 N–H and O–H groups in total. The summed E-state index contributed by atoms with van der Waals surface area (Å²) in [7, 11) is 0. The molecule has 0 amide bonds. The van der Waals surface area contributed by atoms with Gasteiger partial charge in [-0.1, -0.05) is 34.1 Å². The van der Waals surface area contributed by atoms with Gasteiger partial charge in [-0.05, 0) is 11.6 Å². The normalized spacial score (nSPS) is 8.91. The molecule has 0 spiro atoms. The van der Waals surface area contributed by atoms with Crippen LogP contribution in [0.4, 0.5) is 0 Å². The van der Waals surface area contributed by atoms with E-state index >= 15 is 0 Å². The minimum atomic E-state index is 0. The van der Waals surface area contributed by atoms with Gasteiger partial charge in [-0.3, -0.25) is 4.84 Å². The van der Waals surface area contributed by atoms with E-state index in [0.29, 0.717) is 6.61 Å². The Morgan fingerprint density at radius 2 is 2.00 bits per heavy atom. The van der Waals surface area contributed by atoms with Gasteiger partial charge in [-0.25, -0.2) is 5.90 Å². The number of hydrogen-bond acceptors (Lipinski definition) is 2. The summed E-state index contributed by atoms with van der Waals surface area (Å²) in [6.07, 6.45) is 0. The van der Waals surface area contributed by atoms with Crippen molar-refractivity contribution in [2.45, 2.75) is 6.61 Å². The van der Waals surface area contributed by atoms with E-state index in [-0.39, 0.29) is 12.4 Å². The molecule has 0 bridgehead atoms. The zero-order valence-electron chi connectivity index (χ0n) is 5.79. The monoisotopic (exact) mass is 237 g/mol. The van der Waals surface area contributed by atoms with Crippen LogP contribution in [0.2, 0.25) is 0 Å². The fraction of sp³-hybridized carbons (Fsp3) is 0.143. The van der Waals surface area contributed by atoms with Gasteiger partial charge in [0.15, 0.2) is 0 Å². The minimum absolute atomic E-state index is 0. The molecule has 2 nitrogen and oxygen atoms in total. The Kier molecular flexibility index (Phi) is 5.50. The Labute approximate surface area is 80.2 Å². The lowest BCUT2D eigenvalue weighted by Crippen LogP contribution is -1.98. The molecule has 0 aliphatic heterocycles. The Morgan fingerprint density at radius 1 is 1.36 bits per heavy atom. The van der Waals surface area contributed by atoms with Crippen molar-refractivity contribution in [3.8, 4) is 0 Å². The van der Waals surface area contributed by atoms with E-state index in [1.807, 2.05) is 24.3 Å². The van der Waals surface area contributed by atoms with E-state index in [2.05, 4.69) is 20.8 Å². The van der Waals surface area contributed by atoms with Crippen molar-refractivity contribution in [1.82, 2.24) is 0 Å². The van der Waals surface area contributed by atoms with E-state index in [1.54, 1.807) is 0 Å². The number of hydrogen-bond donors (Lipinski definition) is 1. The average Bonchev–Trinajstić information content (AvgIpc) is 1.94. The van der Waals surface area contributed by atoms with Crippen molar-refractivity contribution in [3.63, 3.8) is 0 Å². The summed E-state index contributed by atoms with van der Waals surface area (Å²) in [5, 5.41) is 0. The molecule has 0 radical (unpaired) electrons. The van der Waals surface area contributed by atoms with Crippen molar-refractivity contribution in [3.05, 3.63) is 34.3 Å². The van der Waals surface area contributed by atoms with E-state index in [0.717, 1.165) is 10.0 Å². The van der Waals surface area contributed by atoms with Crippen LogP contribution in [0.3, 0.4) is 0 Å². The maximum atomic E-state index is 4.91. The molecule has 11 heavy (non-hydrogen) atoms. The summed E-state index contributed by atoms with van der Waals surface area (Å²) >= 11 is 3.36. The molecule has 0 fully saturated rings. The zero-order valence-corrected chi connectivity index (χ0v) is 8.19. The smallest absolute Gasteiger partial charge is 0.0940 e. The third-order valence-corrected chi connectivity index (χ3v) is 1.97. The molecule has 0 atom stereocenters. The molecule has 62 valence electrons. The zero-order chi connectivity index (χ0) is 7.40. The van der Waals surface area contributed by atoms with Crippen molar-refractivity contribution >= 4 is 28.3 Å². The number of benzene rings is 1. The molecule has 1 aromatic rings. The first-order valence-corrected chi connectivity index (χ1v) is 3.69. The van der Waals surface area contributed by atoms with Crippen LogP contribution in [0.15, 0.2) is 28.7 Å². The summed E-state index contributed by atoms with van der Waals surface area (Å²) < 4.78 is 1.03. The van der Waals surface area contributed by atoms with Gasteiger partial charge in [0.2, 0.25) is 0 Å². The van der Waals surface area contributed by atoms with E-state index < -0.39 is 0 Å². The van der Waals surface area contributed by atoms with Crippen LogP contribution in [-0.2, 0) is 11.4 Å². The molecule has 0 saturated carbocycles. The second-order valence-corrected chi connectivity index (χ2v) is 2.76. The van der Waals surface area contributed by atoms with Crippen LogP contribution < -0.4 is 5.90 Å². The molecule has 1 aromatic carbocycles. The summed E-state index contributed by atoms with van der Waals surface area (Å²) in [5.74, 6) is 4.91. The summed E-state index contributed by atoms with van der Waals surface area (Å²) in [4.78, 5) is 4.48. The molecule has 0 aliphatic carbocycles. The van der Waals surface area contributed by atoms with Crippen molar-refractivity contribution in [1.29, 1.82) is 0 Å². The van der Waals surface area contributed by atoms with E-state index in [9.17, 15) is 0 Å². The maximum absolute atomic E-state index is 4.91. The van der Waals surface area contributed by atoms with Gasteiger partial charge < -0.3 is 0 Å². The van der Waals surface area contributed by atoms with Crippen LogP contribution in [0.1, 0.15) is 5.56 Å². The van der Waals surface area contributed by atoms with Crippen molar-refractivity contribution in [2.75, 3.05) is 0 Å². The maximum Gasteiger partial charge on any atom is 0.0940 e. The predicted molar refractivity (Wildman–Crippen MR) is 50.4 cm³/mol. The summed E-state index contributed by atoms with van der Waals surface area (Å²) in [6, 6.07) is 7.80. The Balaban J connectivity index is 0.000001000. The first-order chi connectivity index (χ1) is 4.84. The fourth-order valence-electron chi connectivity index (χ4n) is 0.705. The lowest BCUT2D eigenvalue weighted by atomic mass is 10.2. The van der Waals surface area contributed by atoms with Crippen LogP contribution in [-0.4, -0.2) is 0 Å². The number of nitrogens with two attached hydrogens (primary N) is 1. The molecule has 0 unspecified atom stereocenters. The van der Waals surface area contributed by atoms with Gasteiger partial charge in [0.25, 0.3) is 0 Å². The highest BCUT2D eigenvalue weighted by molar-refractivity contribution is 9.10. The van der Waals surface area contributed by atoms with Gasteiger partial charge >= 0.3 is 0 Å². The Bertz CT molecular complexity index is 219. The fourth-order valence-corrected chi connectivity index (χ4v) is 1.10. The largest absolute Gasteiger partial charge is 0.300 e. The highest BCUT2D eigenvalue weighted by Gasteiger charge is 1.95. The molecule has 0 heterocycles. The Hall–Kier alpha value is -0.0900. The van der Waals surface area contributed by atoms with Gasteiger partial charge in [0.1, 0.15) is 0 Å². The van der Waals surface area contributed by atoms with Crippen LogP contribution >= 0.6 is 28.3 Å². The van der Waals surface area contributed by atoms with Gasteiger partial charge in [0.05, 0.1) is 6.61 Å². The third kappa shape index (κ3) is 3.20. The predicted octanol–water partition coefficient (Wildman–Crippen LogP) is 2.26. The summed E-state index contributed by atoms with van der Waals surface area (Å²) in [6.45, 7) is 0.446. The Morgan fingerprint density at radius 3 is 2.55 bits per heavy atom. The van der Waals surface area contributed by atoms with Crippen molar-refractivity contribution in [2.24, 2.45) is 5.90 Å². The SMILES string of the molecule is Cl.NOCc1ccccc1Br. The lowest BCUT2D eigenvalue weighted by Gasteiger charge is -1.99. The first kappa shape index (κ1) is 10.9. The van der Waals surface area contributed by atoms with Crippen LogP contribution in [0.5, 0.6) is 0 Å². The molecule has 1 rings (SSSR count). The standard InChI is InChI=1S/C7H8BrNO.ClH/c8-7-4-2-1-3-6(7)5-10-9;/h1-4H,5,9H2;1H.